The van der Waals surface area contributed by atoms with Crippen LogP contribution in [0.2, 0.25) is 0 Å². The molecule has 2 aromatic carbocycles. The average molecular weight is 614 g/mol. The van der Waals surface area contributed by atoms with Crippen LogP contribution in [0.4, 0.5) is 22.0 Å². The lowest BCUT2D eigenvalue weighted by molar-refractivity contribution is -0.228. The molecule has 0 saturated heterocycles. The van der Waals surface area contributed by atoms with E-state index >= 15 is 0 Å². The fourth-order valence-electron chi connectivity index (χ4n) is 7.30. The van der Waals surface area contributed by atoms with Crippen molar-refractivity contribution in [1.82, 2.24) is 5.32 Å². The third-order valence-corrected chi connectivity index (χ3v) is 12.2. The first-order valence-electron chi connectivity index (χ1n) is 14.0. The highest BCUT2D eigenvalue weighted by molar-refractivity contribution is 7.92. The number of carboxylic acid groups (broad SMARTS) is 1. The number of rotatable bonds is 6. The molecule has 3 unspecified atom stereocenters. The van der Waals surface area contributed by atoms with E-state index in [0.717, 1.165) is 36.4 Å². The Morgan fingerprint density at radius 3 is 2.33 bits per heavy atom. The smallest absolute Gasteiger partial charge is 0.426 e. The molecule has 3 aliphatic carbocycles. The predicted octanol–water partition coefficient (Wildman–Crippen LogP) is 5.97. The van der Waals surface area contributed by atoms with Gasteiger partial charge in [0, 0.05) is 12.0 Å². The van der Waals surface area contributed by atoms with Crippen molar-refractivity contribution >= 4 is 21.7 Å². The van der Waals surface area contributed by atoms with Gasteiger partial charge in [-0.25, -0.2) is 17.2 Å². The topological polar surface area (TPSA) is 101 Å². The highest BCUT2D eigenvalue weighted by Crippen LogP contribution is 2.59. The maximum absolute atomic E-state index is 14.9. The summed E-state index contributed by atoms with van der Waals surface area (Å²) < 4.78 is 96.3. The molecular weight excluding hydrogens is 581 g/mol. The number of hydrogen-bond donors (Lipinski definition) is 2. The number of carbonyl (C=O) groups is 2. The number of nitrogens with one attached hydrogen (secondary N) is 1. The van der Waals surface area contributed by atoms with Crippen molar-refractivity contribution in [3.05, 3.63) is 65.0 Å². The van der Waals surface area contributed by atoms with Crippen LogP contribution < -0.4 is 5.32 Å². The fraction of sp³-hybridized carbons (Fsp3) is 0.533. The number of carboxylic acids is 1. The summed E-state index contributed by atoms with van der Waals surface area (Å²) in [5.41, 5.74) is -3.81. The molecule has 2 fully saturated rings. The van der Waals surface area contributed by atoms with E-state index < -0.39 is 61.5 Å². The summed E-state index contributed by atoms with van der Waals surface area (Å²) in [6.45, 7) is 0.418. The molecule has 2 N–H and O–H groups in total. The van der Waals surface area contributed by atoms with Gasteiger partial charge in [0.15, 0.2) is 9.84 Å². The Morgan fingerprint density at radius 1 is 1.00 bits per heavy atom. The summed E-state index contributed by atoms with van der Waals surface area (Å²) in [7, 11) is -4.33. The second-order valence-electron chi connectivity index (χ2n) is 11.9. The highest BCUT2D eigenvalue weighted by atomic mass is 32.2. The largest absolute Gasteiger partial charge is 0.481 e. The lowest BCUT2D eigenvalue weighted by Crippen LogP contribution is -2.49. The summed E-state index contributed by atoms with van der Waals surface area (Å²) in [5, 5.41) is 12.4. The molecule has 0 spiro atoms. The minimum atomic E-state index is -5.19. The molecule has 6 nitrogen and oxygen atoms in total. The molecule has 42 heavy (non-hydrogen) atoms. The fourth-order valence-corrected chi connectivity index (χ4v) is 9.77. The van der Waals surface area contributed by atoms with E-state index in [0.29, 0.717) is 26.2 Å². The summed E-state index contributed by atoms with van der Waals surface area (Å²) in [4.78, 5) is 24.9. The maximum Gasteiger partial charge on any atom is 0.426 e. The standard InChI is InChI=1S/C30H32F5NO5S/c1-28(32,30(33,34)35)19-6-12-24-17(15-19)5-11-25-23(26(37)36-21-4-2-3-18(16-21)27(38)39)13-14-29(24,25)42(40,41)22-9-7-20(31)8-10-22/h6-10,12,15,18,21,23,25H,2-5,11,13-14,16H2,1H3,(H,36,37)(H,38,39)/t18?,21?,23-,25+,28?,29-/m1/s1. The van der Waals surface area contributed by atoms with Crippen molar-refractivity contribution in [3.63, 3.8) is 0 Å². The Labute approximate surface area is 240 Å². The molecule has 1 amide bonds. The Kier molecular flexibility index (Phi) is 7.69. The minimum absolute atomic E-state index is 0.0175. The van der Waals surface area contributed by atoms with Gasteiger partial charge < -0.3 is 10.4 Å². The number of fused-ring (bicyclic) bond motifs is 3. The molecular formula is C30H32F5NO5S. The van der Waals surface area contributed by atoms with Gasteiger partial charge in [-0.05, 0) is 98.7 Å². The van der Waals surface area contributed by atoms with Crippen LogP contribution in [0.5, 0.6) is 0 Å². The Bertz CT molecular complexity index is 1490. The molecule has 2 aromatic rings. The molecule has 6 atom stereocenters. The number of sulfone groups is 1. The van der Waals surface area contributed by atoms with Crippen LogP contribution in [0.25, 0.3) is 0 Å². The zero-order valence-electron chi connectivity index (χ0n) is 22.9. The Balaban J connectivity index is 1.56. The molecule has 0 bridgehead atoms. The van der Waals surface area contributed by atoms with Crippen molar-refractivity contribution < 1.29 is 45.1 Å². The van der Waals surface area contributed by atoms with Gasteiger partial charge in [-0.3, -0.25) is 9.59 Å². The number of alkyl halides is 4. The van der Waals surface area contributed by atoms with Crippen molar-refractivity contribution in [1.29, 1.82) is 0 Å². The van der Waals surface area contributed by atoms with Crippen LogP contribution in [-0.2, 0) is 36.3 Å². The van der Waals surface area contributed by atoms with Gasteiger partial charge >= 0.3 is 12.1 Å². The van der Waals surface area contributed by atoms with Gasteiger partial charge in [0.2, 0.25) is 11.6 Å². The molecule has 5 rings (SSSR count). The van der Waals surface area contributed by atoms with E-state index in [-0.39, 0.29) is 60.1 Å². The SMILES string of the molecule is CC(F)(c1ccc2c(c1)CC[C@H]1[C@H](C(=O)NC3CCCC(C(=O)O)C3)CC[C@@]21S(=O)(=O)c1ccc(F)cc1)C(F)(F)F. The van der Waals surface area contributed by atoms with E-state index in [2.05, 4.69) is 5.32 Å². The third kappa shape index (κ3) is 4.89. The average Bonchev–Trinajstić information content (AvgIpc) is 3.34. The number of benzene rings is 2. The molecule has 12 heteroatoms. The lowest BCUT2D eigenvalue weighted by Gasteiger charge is -2.42. The van der Waals surface area contributed by atoms with Gasteiger partial charge in [0.1, 0.15) is 10.6 Å². The first kappa shape index (κ1) is 30.4. The minimum Gasteiger partial charge on any atom is -0.481 e. The number of carbonyl (C=O) groups excluding carboxylic acids is 1. The van der Waals surface area contributed by atoms with Crippen LogP contribution in [0, 0.1) is 23.6 Å². The molecule has 2 saturated carbocycles. The van der Waals surface area contributed by atoms with E-state index in [9.17, 15) is 45.1 Å². The predicted molar refractivity (Wildman–Crippen MR) is 142 cm³/mol. The van der Waals surface area contributed by atoms with Crippen LogP contribution in [-0.4, -0.2) is 37.6 Å². The zero-order valence-corrected chi connectivity index (χ0v) is 23.7. The van der Waals surface area contributed by atoms with Gasteiger partial charge in [-0.1, -0.05) is 24.6 Å². The van der Waals surface area contributed by atoms with Crippen molar-refractivity contribution in [3.8, 4) is 0 Å². The van der Waals surface area contributed by atoms with E-state index in [1.165, 1.54) is 6.07 Å². The normalized spacial score (nSPS) is 29.2. The van der Waals surface area contributed by atoms with Gasteiger partial charge in [0.25, 0.3) is 0 Å². The van der Waals surface area contributed by atoms with Crippen LogP contribution in [0.1, 0.15) is 68.6 Å². The zero-order chi connectivity index (χ0) is 30.7. The molecule has 0 heterocycles. The summed E-state index contributed by atoms with van der Waals surface area (Å²) in [6, 6.07) is 7.15. The van der Waals surface area contributed by atoms with Crippen LogP contribution >= 0.6 is 0 Å². The molecule has 228 valence electrons. The van der Waals surface area contributed by atoms with Crippen LogP contribution in [0.3, 0.4) is 0 Å². The van der Waals surface area contributed by atoms with Crippen LogP contribution in [0.15, 0.2) is 47.4 Å². The molecule has 3 aliphatic rings. The first-order valence-corrected chi connectivity index (χ1v) is 15.5. The summed E-state index contributed by atoms with van der Waals surface area (Å²) in [6.07, 6.45) is -2.76. The van der Waals surface area contributed by atoms with Gasteiger partial charge in [-0.2, -0.15) is 13.2 Å². The summed E-state index contributed by atoms with van der Waals surface area (Å²) >= 11 is 0. The van der Waals surface area contributed by atoms with Gasteiger partial charge in [-0.15, -0.1) is 0 Å². The molecule has 0 aromatic heterocycles. The molecule has 0 aliphatic heterocycles. The lowest BCUT2D eigenvalue weighted by atomic mass is 9.72. The van der Waals surface area contributed by atoms with Crippen molar-refractivity contribution in [2.24, 2.45) is 17.8 Å². The number of amides is 1. The summed E-state index contributed by atoms with van der Waals surface area (Å²) in [5.74, 6) is -4.08. The van der Waals surface area contributed by atoms with Crippen molar-refractivity contribution in [2.45, 2.75) is 85.8 Å². The van der Waals surface area contributed by atoms with Crippen molar-refractivity contribution in [2.75, 3.05) is 0 Å². The number of halogens is 5. The number of aliphatic carboxylic acids is 1. The third-order valence-electron chi connectivity index (χ3n) is 9.58. The highest BCUT2D eigenvalue weighted by Gasteiger charge is 2.62. The quantitative estimate of drug-likeness (QED) is 0.309. The Morgan fingerprint density at radius 2 is 1.69 bits per heavy atom. The number of aryl methyl sites for hydroxylation is 1. The van der Waals surface area contributed by atoms with E-state index in [1.807, 2.05) is 0 Å². The second-order valence-corrected chi connectivity index (χ2v) is 14.1. The monoisotopic (exact) mass is 613 g/mol. The van der Waals surface area contributed by atoms with E-state index in [4.69, 9.17) is 0 Å². The Hall–Kier alpha value is -3.02. The first-order chi connectivity index (χ1) is 19.6. The number of hydrogen-bond acceptors (Lipinski definition) is 4. The van der Waals surface area contributed by atoms with Gasteiger partial charge in [0.05, 0.1) is 10.8 Å². The van der Waals surface area contributed by atoms with E-state index in [1.54, 1.807) is 0 Å². The molecule has 0 radical (unpaired) electrons. The maximum atomic E-state index is 14.9. The second kappa shape index (κ2) is 10.6.